The highest BCUT2D eigenvalue weighted by molar-refractivity contribution is 8.14. The fourth-order valence-electron chi connectivity index (χ4n) is 2.95. The minimum absolute atomic E-state index is 0.151. The van der Waals surface area contributed by atoms with Crippen molar-refractivity contribution in [3.05, 3.63) is 52.8 Å². The zero-order valence-corrected chi connectivity index (χ0v) is 16.9. The van der Waals surface area contributed by atoms with Crippen molar-refractivity contribution in [2.75, 3.05) is 12.3 Å². The van der Waals surface area contributed by atoms with Gasteiger partial charge in [-0.25, -0.2) is 13.8 Å². The summed E-state index contributed by atoms with van der Waals surface area (Å²) in [6.07, 6.45) is 3.43. The summed E-state index contributed by atoms with van der Waals surface area (Å²) in [7, 11) is 0. The van der Waals surface area contributed by atoms with Crippen molar-refractivity contribution in [3.63, 3.8) is 0 Å². The molecule has 0 spiro atoms. The predicted octanol–water partition coefficient (Wildman–Crippen LogP) is 6.00. The van der Waals surface area contributed by atoms with Crippen LogP contribution in [0.5, 0.6) is 11.5 Å². The molecule has 4 rings (SSSR count). The van der Waals surface area contributed by atoms with Gasteiger partial charge in [0, 0.05) is 31.1 Å². The van der Waals surface area contributed by atoms with Gasteiger partial charge in [-0.05, 0) is 29.2 Å². The molecule has 146 valence electrons. The number of H-pyrrole nitrogens is 1. The number of aromatic amines is 1. The Hall–Kier alpha value is -2.12. The van der Waals surface area contributed by atoms with Crippen LogP contribution in [0, 0.1) is 17.0 Å². The van der Waals surface area contributed by atoms with Crippen LogP contribution in [-0.4, -0.2) is 27.3 Å². The van der Waals surface area contributed by atoms with Crippen molar-refractivity contribution in [2.45, 2.75) is 20.3 Å². The fourth-order valence-corrected chi connectivity index (χ4v) is 4.26. The van der Waals surface area contributed by atoms with Gasteiger partial charge in [-0.15, -0.1) is 11.8 Å². The van der Waals surface area contributed by atoms with Crippen LogP contribution in [0.1, 0.15) is 19.4 Å². The second kappa shape index (κ2) is 7.37. The molecule has 2 aromatic heterocycles. The van der Waals surface area contributed by atoms with Gasteiger partial charge in [0.05, 0.1) is 15.5 Å². The van der Waals surface area contributed by atoms with Gasteiger partial charge in [0.2, 0.25) is 0 Å². The Balaban J connectivity index is 1.60. The maximum atomic E-state index is 14.6. The number of aromatic nitrogens is 2. The van der Waals surface area contributed by atoms with E-state index in [1.54, 1.807) is 18.0 Å². The van der Waals surface area contributed by atoms with Crippen molar-refractivity contribution < 1.29 is 13.5 Å². The van der Waals surface area contributed by atoms with Crippen LogP contribution < -0.4 is 4.74 Å². The first-order chi connectivity index (χ1) is 13.3. The van der Waals surface area contributed by atoms with Crippen molar-refractivity contribution in [1.29, 1.82) is 0 Å². The Morgan fingerprint density at radius 1 is 1.29 bits per heavy atom. The molecular weight excluding hydrogens is 404 g/mol. The molecule has 3 heterocycles. The van der Waals surface area contributed by atoms with Crippen LogP contribution >= 0.6 is 23.4 Å². The lowest BCUT2D eigenvalue weighted by Gasteiger charge is -2.27. The van der Waals surface area contributed by atoms with Gasteiger partial charge in [-0.2, -0.15) is 0 Å². The number of ether oxygens (including phenoxy) is 1. The first-order valence-electron chi connectivity index (χ1n) is 8.76. The molecule has 0 amide bonds. The Morgan fingerprint density at radius 2 is 2.04 bits per heavy atom. The average Bonchev–Trinajstić information content (AvgIpc) is 3.02. The molecule has 0 radical (unpaired) electrons. The SMILES string of the molecule is CC1(C)CN=C(Cc2cc(F)c(Oc3ccnc4[nH]cc(Cl)c34)c(F)c2)SC1. The molecule has 0 unspecified atom stereocenters. The van der Waals surface area contributed by atoms with Gasteiger partial charge in [-0.3, -0.25) is 4.99 Å². The Labute approximate surface area is 170 Å². The van der Waals surface area contributed by atoms with Crippen LogP contribution in [0.3, 0.4) is 0 Å². The lowest BCUT2D eigenvalue weighted by atomic mass is 9.97. The first-order valence-corrected chi connectivity index (χ1v) is 10.1. The molecule has 0 saturated heterocycles. The Bertz CT molecular complexity index is 1060. The van der Waals surface area contributed by atoms with Gasteiger partial charge < -0.3 is 9.72 Å². The van der Waals surface area contributed by atoms with Crippen LogP contribution in [-0.2, 0) is 6.42 Å². The molecule has 0 atom stereocenters. The summed E-state index contributed by atoms with van der Waals surface area (Å²) in [6, 6.07) is 4.10. The summed E-state index contributed by atoms with van der Waals surface area (Å²) >= 11 is 7.76. The number of rotatable bonds is 4. The minimum Gasteiger partial charge on any atom is -0.450 e. The van der Waals surface area contributed by atoms with Gasteiger partial charge in [0.15, 0.2) is 17.4 Å². The molecule has 0 aliphatic carbocycles. The third-order valence-corrected chi connectivity index (χ3v) is 6.26. The van der Waals surface area contributed by atoms with E-state index in [-0.39, 0.29) is 11.2 Å². The normalized spacial score (nSPS) is 16.2. The number of benzene rings is 1. The van der Waals surface area contributed by atoms with E-state index in [0.29, 0.717) is 28.0 Å². The third-order valence-electron chi connectivity index (χ3n) is 4.43. The lowest BCUT2D eigenvalue weighted by molar-refractivity contribution is 0.410. The highest BCUT2D eigenvalue weighted by Gasteiger charge is 2.24. The number of fused-ring (bicyclic) bond motifs is 1. The molecule has 1 aliphatic heterocycles. The van der Waals surface area contributed by atoms with E-state index in [9.17, 15) is 8.78 Å². The zero-order valence-electron chi connectivity index (χ0n) is 15.4. The number of nitrogens with zero attached hydrogens (tertiary/aromatic N) is 2. The maximum Gasteiger partial charge on any atom is 0.198 e. The molecule has 0 fully saturated rings. The van der Waals surface area contributed by atoms with E-state index in [0.717, 1.165) is 17.3 Å². The van der Waals surface area contributed by atoms with Crippen molar-refractivity contribution in [3.8, 4) is 11.5 Å². The number of hydrogen-bond acceptors (Lipinski definition) is 4. The van der Waals surface area contributed by atoms with Crippen molar-refractivity contribution >= 4 is 39.4 Å². The second-order valence-electron chi connectivity index (χ2n) is 7.50. The molecule has 0 bridgehead atoms. The van der Waals surface area contributed by atoms with Crippen LogP contribution in [0.4, 0.5) is 8.78 Å². The minimum atomic E-state index is -0.770. The van der Waals surface area contributed by atoms with E-state index in [2.05, 4.69) is 28.8 Å². The van der Waals surface area contributed by atoms with Gasteiger partial charge >= 0.3 is 0 Å². The Morgan fingerprint density at radius 3 is 2.71 bits per heavy atom. The standard InChI is InChI=1S/C20H18ClF2N3OS/c1-20(2)9-26-16(28-10-20)7-11-5-13(22)18(14(23)6-11)27-15-3-4-24-19-17(15)12(21)8-25-19/h3-6,8H,7,9-10H2,1-2H3,(H,24,25). The number of halogens is 3. The van der Waals surface area contributed by atoms with Gasteiger partial charge in [0.25, 0.3) is 0 Å². The fraction of sp³-hybridized carbons (Fsp3) is 0.300. The average molecular weight is 422 g/mol. The number of nitrogens with one attached hydrogen (secondary N) is 1. The van der Waals surface area contributed by atoms with E-state index in [4.69, 9.17) is 16.3 Å². The summed E-state index contributed by atoms with van der Waals surface area (Å²) < 4.78 is 34.8. The summed E-state index contributed by atoms with van der Waals surface area (Å²) in [6.45, 7) is 5.02. The molecule has 1 aromatic carbocycles. The molecule has 4 nitrogen and oxygen atoms in total. The van der Waals surface area contributed by atoms with Crippen LogP contribution in [0.2, 0.25) is 5.02 Å². The van der Waals surface area contributed by atoms with Crippen molar-refractivity contribution in [2.24, 2.45) is 10.4 Å². The molecule has 8 heteroatoms. The van der Waals surface area contributed by atoms with E-state index >= 15 is 0 Å². The second-order valence-corrected chi connectivity index (χ2v) is 8.96. The Kier molecular flexibility index (Phi) is 5.05. The van der Waals surface area contributed by atoms with E-state index < -0.39 is 17.4 Å². The monoisotopic (exact) mass is 421 g/mol. The van der Waals surface area contributed by atoms with Crippen LogP contribution in [0.25, 0.3) is 11.0 Å². The molecule has 1 N–H and O–H groups in total. The molecule has 28 heavy (non-hydrogen) atoms. The molecule has 1 aliphatic rings. The first kappa shape index (κ1) is 19.2. The summed E-state index contributed by atoms with van der Waals surface area (Å²) in [5.74, 6) is -0.834. The highest BCUT2D eigenvalue weighted by Crippen LogP contribution is 2.36. The lowest BCUT2D eigenvalue weighted by Crippen LogP contribution is -2.25. The number of thioether (sulfide) groups is 1. The van der Waals surface area contributed by atoms with Crippen LogP contribution in [0.15, 0.2) is 35.6 Å². The summed E-state index contributed by atoms with van der Waals surface area (Å²) in [4.78, 5) is 11.5. The number of pyridine rings is 1. The molecule has 0 saturated carbocycles. The molecular formula is C20H18ClF2N3OS. The number of aliphatic imine (C=N–C) groups is 1. The quantitative estimate of drug-likeness (QED) is 0.562. The molecule has 3 aromatic rings. The number of hydrogen-bond donors (Lipinski definition) is 1. The van der Waals surface area contributed by atoms with E-state index in [1.807, 2.05) is 0 Å². The zero-order chi connectivity index (χ0) is 19.9. The van der Waals surface area contributed by atoms with Gasteiger partial charge in [-0.1, -0.05) is 25.4 Å². The van der Waals surface area contributed by atoms with Gasteiger partial charge in [0.1, 0.15) is 11.4 Å². The highest BCUT2D eigenvalue weighted by atomic mass is 35.5. The van der Waals surface area contributed by atoms with Crippen molar-refractivity contribution in [1.82, 2.24) is 9.97 Å². The summed E-state index contributed by atoms with van der Waals surface area (Å²) in [5.41, 5.74) is 1.15. The predicted molar refractivity (Wildman–Crippen MR) is 110 cm³/mol. The maximum absolute atomic E-state index is 14.6. The summed E-state index contributed by atoms with van der Waals surface area (Å²) in [5, 5.41) is 1.73. The largest absolute Gasteiger partial charge is 0.450 e. The smallest absolute Gasteiger partial charge is 0.198 e. The topological polar surface area (TPSA) is 50.3 Å². The van der Waals surface area contributed by atoms with E-state index in [1.165, 1.54) is 24.4 Å². The third kappa shape index (κ3) is 3.86.